The monoisotopic (exact) mass is 328 g/mol. The normalized spacial score (nSPS) is 17.1. The predicted molar refractivity (Wildman–Crippen MR) is 85.7 cm³/mol. The number of nitrogens with one attached hydrogen (secondary N) is 1. The molecule has 23 heavy (non-hydrogen) atoms. The van der Waals surface area contributed by atoms with Crippen LogP contribution in [0.2, 0.25) is 0 Å². The molecular formula is C15H16N6OS. The van der Waals surface area contributed by atoms with E-state index in [1.165, 1.54) is 0 Å². The second-order valence-electron chi connectivity index (χ2n) is 5.29. The van der Waals surface area contributed by atoms with Crippen molar-refractivity contribution in [3.05, 3.63) is 46.8 Å². The Labute approximate surface area is 137 Å². The minimum atomic E-state index is 0.0921. The third kappa shape index (κ3) is 3.14. The summed E-state index contributed by atoms with van der Waals surface area (Å²) in [4.78, 5) is 8.29. The molecule has 0 fully saturated rings. The Morgan fingerprint density at radius 2 is 2.22 bits per heavy atom. The summed E-state index contributed by atoms with van der Waals surface area (Å²) in [7, 11) is 0. The first-order valence-corrected chi connectivity index (χ1v) is 8.31. The molecule has 4 rings (SSSR count). The zero-order chi connectivity index (χ0) is 15.5. The van der Waals surface area contributed by atoms with Gasteiger partial charge in [-0.2, -0.15) is 0 Å². The molecule has 1 aliphatic rings. The molecule has 0 saturated carbocycles. The third-order valence-electron chi connectivity index (χ3n) is 3.76. The van der Waals surface area contributed by atoms with Crippen LogP contribution in [0.5, 0.6) is 0 Å². The highest BCUT2D eigenvalue weighted by atomic mass is 32.1. The fourth-order valence-corrected chi connectivity index (χ4v) is 3.19. The van der Waals surface area contributed by atoms with Crippen LogP contribution in [0, 0.1) is 0 Å². The molecule has 4 heterocycles. The van der Waals surface area contributed by atoms with E-state index in [9.17, 15) is 0 Å². The van der Waals surface area contributed by atoms with Gasteiger partial charge in [0.15, 0.2) is 0 Å². The largest absolute Gasteiger partial charge is 0.369 e. The second-order valence-corrected chi connectivity index (χ2v) is 6.27. The fourth-order valence-electron chi connectivity index (χ4n) is 2.60. The molecular weight excluding hydrogens is 312 g/mol. The summed E-state index contributed by atoms with van der Waals surface area (Å²) in [5, 5.41) is 15.0. The van der Waals surface area contributed by atoms with E-state index >= 15 is 0 Å². The van der Waals surface area contributed by atoms with Crippen molar-refractivity contribution in [2.75, 3.05) is 6.54 Å². The van der Waals surface area contributed by atoms with Crippen molar-refractivity contribution in [2.24, 2.45) is 0 Å². The quantitative estimate of drug-likeness (QED) is 0.764. The lowest BCUT2D eigenvalue weighted by Gasteiger charge is -2.24. The van der Waals surface area contributed by atoms with E-state index in [0.29, 0.717) is 13.2 Å². The number of fused-ring (bicyclic) bond motifs is 1. The Morgan fingerprint density at radius 1 is 1.30 bits per heavy atom. The number of nitrogens with zero attached hydrogens (tertiary/aromatic N) is 5. The first kappa shape index (κ1) is 14.4. The number of hydrogen-bond acceptors (Lipinski definition) is 7. The molecule has 3 aromatic rings. The van der Waals surface area contributed by atoms with Crippen LogP contribution >= 0.6 is 11.3 Å². The highest BCUT2D eigenvalue weighted by Gasteiger charge is 2.24. The Hall–Kier alpha value is -2.16. The highest BCUT2D eigenvalue weighted by molar-refractivity contribution is 7.09. The number of hydrogen-bond donors (Lipinski definition) is 1. The maximum atomic E-state index is 5.95. The van der Waals surface area contributed by atoms with Gasteiger partial charge in [0.05, 0.1) is 24.9 Å². The van der Waals surface area contributed by atoms with Gasteiger partial charge in [-0.1, -0.05) is 5.21 Å². The minimum Gasteiger partial charge on any atom is -0.369 e. The van der Waals surface area contributed by atoms with Crippen LogP contribution in [0.25, 0.3) is 11.3 Å². The molecule has 0 amide bonds. The van der Waals surface area contributed by atoms with E-state index in [1.54, 1.807) is 23.7 Å². The highest BCUT2D eigenvalue weighted by Crippen LogP contribution is 2.24. The van der Waals surface area contributed by atoms with Gasteiger partial charge >= 0.3 is 0 Å². The Kier molecular flexibility index (Phi) is 4.10. The summed E-state index contributed by atoms with van der Waals surface area (Å²) in [5.41, 5.74) is 2.92. The summed E-state index contributed by atoms with van der Waals surface area (Å²) in [5.74, 6) is 0. The topological polar surface area (TPSA) is 77.8 Å². The smallest absolute Gasteiger partial charge is 0.118 e. The van der Waals surface area contributed by atoms with Crippen LogP contribution in [0.4, 0.5) is 0 Å². The van der Waals surface area contributed by atoms with E-state index in [4.69, 9.17) is 4.74 Å². The molecule has 118 valence electrons. The summed E-state index contributed by atoms with van der Waals surface area (Å²) in [6.45, 7) is 2.76. The van der Waals surface area contributed by atoms with Crippen LogP contribution in [0.15, 0.2) is 36.1 Å². The molecule has 1 atom stereocenters. The maximum Gasteiger partial charge on any atom is 0.118 e. The molecule has 8 heteroatoms. The number of rotatable bonds is 5. The van der Waals surface area contributed by atoms with Crippen molar-refractivity contribution < 1.29 is 4.74 Å². The van der Waals surface area contributed by atoms with Gasteiger partial charge in [0.1, 0.15) is 10.7 Å². The van der Waals surface area contributed by atoms with Gasteiger partial charge in [0.25, 0.3) is 0 Å². The standard InChI is InChI=1S/C15H16N6OS/c1-3-16-4-2-11(1)15-13-10-22-12(9-21(13)20-19-15)7-17-8-14-18-5-6-23-14/h1-6,12,17H,7-10H2/t12-/m1/s1. The third-order valence-corrected chi connectivity index (χ3v) is 4.54. The van der Waals surface area contributed by atoms with E-state index in [0.717, 1.165) is 35.0 Å². The van der Waals surface area contributed by atoms with Crippen molar-refractivity contribution in [2.45, 2.75) is 25.8 Å². The van der Waals surface area contributed by atoms with Gasteiger partial charge in [0, 0.05) is 42.6 Å². The van der Waals surface area contributed by atoms with Crippen molar-refractivity contribution in [1.29, 1.82) is 0 Å². The first-order chi connectivity index (χ1) is 11.4. The molecule has 3 aromatic heterocycles. The summed E-state index contributed by atoms with van der Waals surface area (Å²) in [6, 6.07) is 3.87. The lowest BCUT2D eigenvalue weighted by molar-refractivity contribution is 0.00125. The first-order valence-electron chi connectivity index (χ1n) is 7.43. The van der Waals surface area contributed by atoms with Crippen LogP contribution in [0.1, 0.15) is 10.7 Å². The van der Waals surface area contributed by atoms with E-state index in [2.05, 4.69) is 25.6 Å². The lowest BCUT2D eigenvalue weighted by atomic mass is 10.1. The lowest BCUT2D eigenvalue weighted by Crippen LogP contribution is -2.36. The Balaban J connectivity index is 1.39. The van der Waals surface area contributed by atoms with E-state index in [1.807, 2.05) is 28.4 Å². The van der Waals surface area contributed by atoms with E-state index < -0.39 is 0 Å². The Bertz CT molecular complexity index is 758. The average Bonchev–Trinajstić information content (AvgIpc) is 3.25. The van der Waals surface area contributed by atoms with Crippen LogP contribution in [0.3, 0.4) is 0 Å². The number of thiazole rings is 1. The van der Waals surface area contributed by atoms with Crippen molar-refractivity contribution in [1.82, 2.24) is 30.3 Å². The second kappa shape index (κ2) is 6.53. The van der Waals surface area contributed by atoms with E-state index in [-0.39, 0.29) is 6.10 Å². The van der Waals surface area contributed by atoms with Crippen molar-refractivity contribution in [3.63, 3.8) is 0 Å². The van der Waals surface area contributed by atoms with Gasteiger partial charge in [-0.05, 0) is 12.1 Å². The van der Waals surface area contributed by atoms with Crippen LogP contribution in [-0.4, -0.2) is 37.6 Å². The molecule has 7 nitrogen and oxygen atoms in total. The molecule has 0 unspecified atom stereocenters. The zero-order valence-corrected chi connectivity index (χ0v) is 13.2. The zero-order valence-electron chi connectivity index (χ0n) is 12.4. The van der Waals surface area contributed by atoms with Crippen molar-refractivity contribution >= 4 is 11.3 Å². The molecule has 1 N–H and O–H groups in total. The van der Waals surface area contributed by atoms with Gasteiger partial charge < -0.3 is 10.1 Å². The average molecular weight is 328 g/mol. The summed E-state index contributed by atoms with van der Waals surface area (Å²) < 4.78 is 7.89. The van der Waals surface area contributed by atoms with Gasteiger partial charge in [-0.15, -0.1) is 16.4 Å². The fraction of sp³-hybridized carbons (Fsp3) is 0.333. The molecule has 0 bridgehead atoms. The molecule has 0 aliphatic carbocycles. The van der Waals surface area contributed by atoms with Gasteiger partial charge in [-0.25, -0.2) is 9.67 Å². The molecule has 0 radical (unpaired) electrons. The van der Waals surface area contributed by atoms with Gasteiger partial charge in [0.2, 0.25) is 0 Å². The van der Waals surface area contributed by atoms with Gasteiger partial charge in [-0.3, -0.25) is 4.98 Å². The maximum absolute atomic E-state index is 5.95. The number of aromatic nitrogens is 5. The van der Waals surface area contributed by atoms with Crippen LogP contribution < -0.4 is 5.32 Å². The Morgan fingerprint density at radius 3 is 3.04 bits per heavy atom. The predicted octanol–water partition coefficient (Wildman–Crippen LogP) is 1.49. The van der Waals surface area contributed by atoms with Crippen LogP contribution in [-0.2, 0) is 24.4 Å². The SMILES string of the molecule is c1cc(-c2nnn3c2CO[C@H](CNCc2nccs2)C3)ccn1. The molecule has 0 aromatic carbocycles. The molecule has 0 saturated heterocycles. The number of ether oxygens (including phenoxy) is 1. The number of pyridine rings is 1. The summed E-state index contributed by atoms with van der Waals surface area (Å²) in [6.07, 6.45) is 5.43. The molecule has 0 spiro atoms. The minimum absolute atomic E-state index is 0.0921. The van der Waals surface area contributed by atoms with Crippen molar-refractivity contribution in [3.8, 4) is 11.3 Å². The summed E-state index contributed by atoms with van der Waals surface area (Å²) >= 11 is 1.65. The molecule has 1 aliphatic heterocycles.